The number of benzene rings is 2. The maximum atomic E-state index is 13.8. The highest BCUT2D eigenvalue weighted by Gasteiger charge is 2.16. The van der Waals surface area contributed by atoms with E-state index in [-0.39, 0.29) is 5.56 Å². The van der Waals surface area contributed by atoms with Gasteiger partial charge in [0.25, 0.3) is 0 Å². The van der Waals surface area contributed by atoms with Gasteiger partial charge in [0.05, 0.1) is 5.52 Å². The monoisotopic (exact) mass is 287 g/mol. The lowest BCUT2D eigenvalue weighted by Gasteiger charge is -2.13. The number of hydrogen-bond donors (Lipinski definition) is 1. The maximum absolute atomic E-state index is 13.8. The number of aliphatic hydroxyl groups is 1. The van der Waals surface area contributed by atoms with E-state index in [0.29, 0.717) is 10.6 Å². The van der Waals surface area contributed by atoms with Gasteiger partial charge in [0.2, 0.25) is 0 Å². The van der Waals surface area contributed by atoms with E-state index in [4.69, 9.17) is 11.6 Å². The van der Waals surface area contributed by atoms with E-state index in [1.54, 1.807) is 18.3 Å². The molecule has 0 bridgehead atoms. The SMILES string of the molecule is OC(c1ccc2cccnc2c1)c1cc(Cl)ccc1F. The normalized spacial score (nSPS) is 12.6. The number of fused-ring (bicyclic) bond motifs is 1. The first-order valence-electron chi connectivity index (χ1n) is 6.13. The first kappa shape index (κ1) is 13.0. The zero-order valence-corrected chi connectivity index (χ0v) is 11.2. The largest absolute Gasteiger partial charge is 0.384 e. The second-order valence-corrected chi connectivity index (χ2v) is 4.96. The van der Waals surface area contributed by atoms with Crippen LogP contribution in [-0.4, -0.2) is 10.1 Å². The zero-order chi connectivity index (χ0) is 14.1. The average Bonchev–Trinajstić information content (AvgIpc) is 2.48. The molecule has 4 heteroatoms. The van der Waals surface area contributed by atoms with Crippen molar-refractivity contribution in [2.75, 3.05) is 0 Å². The van der Waals surface area contributed by atoms with Crippen LogP contribution in [0.1, 0.15) is 17.2 Å². The third-order valence-electron chi connectivity index (χ3n) is 3.20. The molecule has 20 heavy (non-hydrogen) atoms. The Morgan fingerprint density at radius 2 is 1.95 bits per heavy atom. The van der Waals surface area contributed by atoms with Crippen LogP contribution >= 0.6 is 11.6 Å². The molecule has 3 rings (SSSR count). The molecule has 0 spiro atoms. The number of halogens is 2. The van der Waals surface area contributed by atoms with Crippen LogP contribution in [0.25, 0.3) is 10.9 Å². The summed E-state index contributed by atoms with van der Waals surface area (Å²) in [6.45, 7) is 0. The molecule has 1 N–H and O–H groups in total. The summed E-state index contributed by atoms with van der Waals surface area (Å²) in [5, 5.41) is 11.7. The van der Waals surface area contributed by atoms with Gasteiger partial charge in [-0.25, -0.2) is 4.39 Å². The number of aromatic nitrogens is 1. The molecule has 0 amide bonds. The van der Waals surface area contributed by atoms with Gasteiger partial charge in [-0.15, -0.1) is 0 Å². The summed E-state index contributed by atoms with van der Waals surface area (Å²) in [7, 11) is 0. The van der Waals surface area contributed by atoms with Gasteiger partial charge in [-0.3, -0.25) is 4.98 Å². The highest BCUT2D eigenvalue weighted by atomic mass is 35.5. The van der Waals surface area contributed by atoms with Gasteiger partial charge in [-0.1, -0.05) is 29.8 Å². The van der Waals surface area contributed by atoms with Gasteiger partial charge in [0.15, 0.2) is 0 Å². The number of nitrogens with zero attached hydrogens (tertiary/aromatic N) is 1. The summed E-state index contributed by atoms with van der Waals surface area (Å²) >= 11 is 5.85. The molecular formula is C16H11ClFNO. The number of pyridine rings is 1. The lowest BCUT2D eigenvalue weighted by atomic mass is 10.00. The Hall–Kier alpha value is -1.97. The Labute approximate surface area is 120 Å². The van der Waals surface area contributed by atoms with Crippen LogP contribution in [0.5, 0.6) is 0 Å². The minimum absolute atomic E-state index is 0.160. The summed E-state index contributed by atoms with van der Waals surface area (Å²) in [5.41, 5.74) is 1.50. The second-order valence-electron chi connectivity index (χ2n) is 4.52. The fourth-order valence-corrected chi connectivity index (χ4v) is 2.34. The van der Waals surface area contributed by atoms with Gasteiger partial charge >= 0.3 is 0 Å². The number of aliphatic hydroxyl groups excluding tert-OH is 1. The molecule has 1 heterocycles. The third-order valence-corrected chi connectivity index (χ3v) is 3.43. The fraction of sp³-hybridized carbons (Fsp3) is 0.0625. The third kappa shape index (κ3) is 2.38. The summed E-state index contributed by atoms with van der Waals surface area (Å²) in [6.07, 6.45) is 0.610. The number of rotatable bonds is 2. The molecule has 0 radical (unpaired) electrons. The lowest BCUT2D eigenvalue weighted by molar-refractivity contribution is 0.215. The first-order chi connectivity index (χ1) is 9.65. The topological polar surface area (TPSA) is 33.1 Å². The maximum Gasteiger partial charge on any atom is 0.129 e. The Balaban J connectivity index is 2.07. The predicted molar refractivity (Wildman–Crippen MR) is 77.2 cm³/mol. The van der Waals surface area contributed by atoms with Crippen molar-refractivity contribution in [2.45, 2.75) is 6.10 Å². The lowest BCUT2D eigenvalue weighted by Crippen LogP contribution is -2.02. The van der Waals surface area contributed by atoms with Gasteiger partial charge < -0.3 is 5.11 Å². The predicted octanol–water partition coefficient (Wildman–Crippen LogP) is 4.11. The summed E-state index contributed by atoms with van der Waals surface area (Å²) < 4.78 is 13.8. The summed E-state index contributed by atoms with van der Waals surface area (Å²) in [4.78, 5) is 4.23. The molecule has 3 aromatic rings. The van der Waals surface area contributed by atoms with Gasteiger partial charge in [-0.05, 0) is 35.9 Å². The van der Waals surface area contributed by atoms with E-state index < -0.39 is 11.9 Å². The zero-order valence-electron chi connectivity index (χ0n) is 10.4. The van der Waals surface area contributed by atoms with Gasteiger partial charge in [0.1, 0.15) is 11.9 Å². The van der Waals surface area contributed by atoms with Crippen molar-refractivity contribution in [1.82, 2.24) is 4.98 Å². The molecule has 0 fully saturated rings. The second kappa shape index (κ2) is 5.19. The van der Waals surface area contributed by atoms with E-state index in [0.717, 1.165) is 10.9 Å². The Morgan fingerprint density at radius 3 is 2.80 bits per heavy atom. The van der Waals surface area contributed by atoms with Crippen LogP contribution < -0.4 is 0 Å². The van der Waals surface area contributed by atoms with Crippen molar-refractivity contribution in [3.8, 4) is 0 Å². The van der Waals surface area contributed by atoms with Crippen molar-refractivity contribution < 1.29 is 9.50 Å². The molecule has 1 atom stereocenters. The Morgan fingerprint density at radius 1 is 1.10 bits per heavy atom. The van der Waals surface area contributed by atoms with Crippen molar-refractivity contribution in [2.24, 2.45) is 0 Å². The highest BCUT2D eigenvalue weighted by Crippen LogP contribution is 2.28. The van der Waals surface area contributed by atoms with Crippen molar-refractivity contribution in [1.29, 1.82) is 0 Å². The minimum Gasteiger partial charge on any atom is -0.384 e. The van der Waals surface area contributed by atoms with Crippen molar-refractivity contribution in [3.05, 3.63) is 76.7 Å². The van der Waals surface area contributed by atoms with E-state index in [2.05, 4.69) is 4.98 Å². The summed E-state index contributed by atoms with van der Waals surface area (Å²) in [5.74, 6) is -0.483. The van der Waals surface area contributed by atoms with Crippen LogP contribution in [0.15, 0.2) is 54.7 Å². The molecule has 0 saturated carbocycles. The first-order valence-corrected chi connectivity index (χ1v) is 6.50. The molecule has 2 nitrogen and oxygen atoms in total. The Bertz CT molecular complexity index is 775. The van der Waals surface area contributed by atoms with Crippen LogP contribution in [-0.2, 0) is 0 Å². The van der Waals surface area contributed by atoms with E-state index in [1.807, 2.05) is 18.2 Å². The fourth-order valence-electron chi connectivity index (χ4n) is 2.16. The molecular weight excluding hydrogens is 277 g/mol. The minimum atomic E-state index is -1.07. The van der Waals surface area contributed by atoms with E-state index in [1.165, 1.54) is 18.2 Å². The van der Waals surface area contributed by atoms with Gasteiger partial charge in [-0.2, -0.15) is 0 Å². The molecule has 1 aromatic heterocycles. The molecule has 0 aliphatic heterocycles. The van der Waals surface area contributed by atoms with Crippen molar-refractivity contribution >= 4 is 22.5 Å². The standard InChI is InChI=1S/C16H11ClFNO/c17-12-5-6-14(18)13(9-12)16(20)11-4-3-10-2-1-7-19-15(10)8-11/h1-9,16,20H. The quantitative estimate of drug-likeness (QED) is 0.769. The van der Waals surface area contributed by atoms with Crippen molar-refractivity contribution in [3.63, 3.8) is 0 Å². The number of hydrogen-bond acceptors (Lipinski definition) is 2. The van der Waals surface area contributed by atoms with Crippen LogP contribution in [0.4, 0.5) is 4.39 Å². The molecule has 0 saturated heterocycles. The highest BCUT2D eigenvalue weighted by molar-refractivity contribution is 6.30. The van der Waals surface area contributed by atoms with Crippen LogP contribution in [0.2, 0.25) is 5.02 Å². The molecule has 0 aliphatic carbocycles. The average molecular weight is 288 g/mol. The van der Waals surface area contributed by atoms with E-state index >= 15 is 0 Å². The molecule has 0 aliphatic rings. The molecule has 2 aromatic carbocycles. The van der Waals surface area contributed by atoms with Gasteiger partial charge in [0, 0.05) is 22.2 Å². The van der Waals surface area contributed by atoms with Crippen LogP contribution in [0.3, 0.4) is 0 Å². The summed E-state index contributed by atoms with van der Waals surface area (Å²) in [6, 6.07) is 13.3. The van der Waals surface area contributed by atoms with E-state index in [9.17, 15) is 9.50 Å². The smallest absolute Gasteiger partial charge is 0.129 e. The molecule has 1 unspecified atom stereocenters. The molecule has 100 valence electrons. The van der Waals surface area contributed by atoms with Crippen LogP contribution in [0, 0.1) is 5.82 Å². The Kier molecular flexibility index (Phi) is 3.38.